The number of hydrogen-bond acceptors (Lipinski definition) is 4. The van der Waals surface area contributed by atoms with Gasteiger partial charge in [-0.05, 0) is 30.2 Å². The molecule has 1 atom stereocenters. The summed E-state index contributed by atoms with van der Waals surface area (Å²) in [5, 5.41) is 5.55. The fourth-order valence-corrected chi connectivity index (χ4v) is 3.88. The smallest absolute Gasteiger partial charge is 0.435 e. The zero-order chi connectivity index (χ0) is 20.6. The first-order valence-electron chi connectivity index (χ1n) is 9.70. The molecule has 2 aromatic rings. The van der Waals surface area contributed by atoms with Crippen LogP contribution in [0, 0.1) is 0 Å². The van der Waals surface area contributed by atoms with Gasteiger partial charge in [0.15, 0.2) is 5.69 Å². The number of piperazine rings is 1. The Morgan fingerprint density at radius 3 is 2.69 bits per heavy atom. The molecule has 2 aliphatic rings. The number of nitrogens with one attached hydrogen (secondary N) is 1. The van der Waals surface area contributed by atoms with Crippen molar-refractivity contribution in [2.45, 2.75) is 32.0 Å². The number of halogens is 3. The third-order valence-electron chi connectivity index (χ3n) is 5.68. The Bertz CT molecular complexity index is 888. The monoisotopic (exact) mass is 408 g/mol. The van der Waals surface area contributed by atoms with E-state index in [1.165, 1.54) is 11.1 Å². The minimum absolute atomic E-state index is 0.110. The summed E-state index contributed by atoms with van der Waals surface area (Å²) < 4.78 is 43.6. The highest BCUT2D eigenvalue weighted by Gasteiger charge is 2.34. The number of carbonyl (C=O) groups is 1. The SMILES string of the molecule is CC(c1ccc2c(c1)OCC2)N1CCN(C(=O)Cc2cc(C(F)(F)F)n[nH]2)CC1. The minimum atomic E-state index is -4.51. The molecule has 1 saturated heterocycles. The minimum Gasteiger partial charge on any atom is -0.493 e. The van der Waals surface area contributed by atoms with Gasteiger partial charge in [0.1, 0.15) is 5.75 Å². The molecule has 6 nitrogen and oxygen atoms in total. The average Bonchev–Trinajstić information content (AvgIpc) is 3.36. The Balaban J connectivity index is 1.32. The number of aromatic amines is 1. The molecular weight excluding hydrogens is 385 g/mol. The molecule has 0 radical (unpaired) electrons. The van der Waals surface area contributed by atoms with Crippen LogP contribution >= 0.6 is 0 Å². The Morgan fingerprint density at radius 1 is 1.24 bits per heavy atom. The fourth-order valence-electron chi connectivity index (χ4n) is 3.88. The van der Waals surface area contributed by atoms with Gasteiger partial charge in [-0.3, -0.25) is 14.8 Å². The largest absolute Gasteiger partial charge is 0.493 e. The molecule has 9 heteroatoms. The van der Waals surface area contributed by atoms with Crippen molar-refractivity contribution in [1.82, 2.24) is 20.0 Å². The number of carbonyl (C=O) groups excluding carboxylic acids is 1. The number of benzene rings is 1. The van der Waals surface area contributed by atoms with Crippen molar-refractivity contribution in [3.63, 3.8) is 0 Å². The van der Waals surface area contributed by atoms with E-state index in [0.29, 0.717) is 26.2 Å². The van der Waals surface area contributed by atoms with E-state index < -0.39 is 11.9 Å². The average molecular weight is 408 g/mol. The Morgan fingerprint density at radius 2 is 2.00 bits per heavy atom. The lowest BCUT2D eigenvalue weighted by molar-refractivity contribution is -0.141. The molecule has 4 rings (SSSR count). The molecule has 29 heavy (non-hydrogen) atoms. The van der Waals surface area contributed by atoms with Crippen molar-refractivity contribution in [2.24, 2.45) is 0 Å². The summed E-state index contributed by atoms with van der Waals surface area (Å²) in [5.41, 5.74) is 1.60. The van der Waals surface area contributed by atoms with Gasteiger partial charge in [0.05, 0.1) is 13.0 Å². The summed E-state index contributed by atoms with van der Waals surface area (Å²) >= 11 is 0. The number of nitrogens with zero attached hydrogens (tertiary/aromatic N) is 3. The molecule has 0 spiro atoms. The predicted molar refractivity (Wildman–Crippen MR) is 99.5 cm³/mol. The van der Waals surface area contributed by atoms with Crippen LogP contribution in [0.5, 0.6) is 5.75 Å². The molecule has 0 bridgehead atoms. The number of amides is 1. The van der Waals surface area contributed by atoms with Crippen molar-refractivity contribution < 1.29 is 22.7 Å². The molecule has 1 N–H and O–H groups in total. The second-order valence-corrected chi connectivity index (χ2v) is 7.51. The molecular formula is C20H23F3N4O2. The lowest BCUT2D eigenvalue weighted by Gasteiger charge is -2.38. The van der Waals surface area contributed by atoms with Crippen LogP contribution in [0.3, 0.4) is 0 Å². The molecule has 1 fully saturated rings. The standard InChI is InChI=1S/C20H23F3N4O2/c1-13(15-3-2-14-4-9-29-17(14)10-15)26-5-7-27(8-6-26)19(28)12-16-11-18(25-24-16)20(21,22)23/h2-3,10-11,13H,4-9,12H2,1H3,(H,24,25). The maximum absolute atomic E-state index is 12.6. The molecule has 156 valence electrons. The van der Waals surface area contributed by atoms with Crippen LogP contribution < -0.4 is 4.74 Å². The van der Waals surface area contributed by atoms with Gasteiger partial charge in [0.2, 0.25) is 5.91 Å². The van der Waals surface area contributed by atoms with Crippen LogP contribution in [0.1, 0.15) is 35.5 Å². The Hall–Kier alpha value is -2.55. The summed E-state index contributed by atoms with van der Waals surface area (Å²) in [6, 6.07) is 7.44. The van der Waals surface area contributed by atoms with E-state index in [4.69, 9.17) is 4.74 Å². The van der Waals surface area contributed by atoms with Gasteiger partial charge in [0, 0.05) is 44.3 Å². The molecule has 0 saturated carbocycles. The maximum Gasteiger partial charge on any atom is 0.435 e. The molecule has 3 heterocycles. The zero-order valence-electron chi connectivity index (χ0n) is 16.1. The molecule has 1 unspecified atom stereocenters. The highest BCUT2D eigenvalue weighted by Crippen LogP contribution is 2.31. The van der Waals surface area contributed by atoms with Crippen LogP contribution in [-0.4, -0.2) is 58.7 Å². The molecule has 1 aromatic heterocycles. The van der Waals surface area contributed by atoms with Crippen molar-refractivity contribution in [1.29, 1.82) is 0 Å². The third-order valence-corrected chi connectivity index (χ3v) is 5.68. The van der Waals surface area contributed by atoms with E-state index >= 15 is 0 Å². The topological polar surface area (TPSA) is 61.5 Å². The van der Waals surface area contributed by atoms with Gasteiger partial charge in [0.25, 0.3) is 0 Å². The summed E-state index contributed by atoms with van der Waals surface area (Å²) in [6.07, 6.45) is -3.67. The summed E-state index contributed by atoms with van der Waals surface area (Å²) in [6.45, 7) is 5.38. The van der Waals surface area contributed by atoms with Gasteiger partial charge < -0.3 is 9.64 Å². The van der Waals surface area contributed by atoms with Gasteiger partial charge in [-0.15, -0.1) is 0 Å². The quantitative estimate of drug-likeness (QED) is 0.845. The van der Waals surface area contributed by atoms with E-state index in [1.807, 2.05) is 0 Å². The van der Waals surface area contributed by atoms with Crippen molar-refractivity contribution in [3.05, 3.63) is 46.8 Å². The van der Waals surface area contributed by atoms with E-state index in [0.717, 1.165) is 24.8 Å². The zero-order valence-corrected chi connectivity index (χ0v) is 16.1. The van der Waals surface area contributed by atoms with Crippen molar-refractivity contribution in [2.75, 3.05) is 32.8 Å². The van der Waals surface area contributed by atoms with Gasteiger partial charge >= 0.3 is 6.18 Å². The summed E-state index contributed by atoms with van der Waals surface area (Å²) in [5.74, 6) is 0.765. The number of aromatic nitrogens is 2. The number of alkyl halides is 3. The van der Waals surface area contributed by atoms with Gasteiger partial charge in [-0.2, -0.15) is 18.3 Å². The Labute approximate surface area is 166 Å². The number of rotatable bonds is 4. The summed E-state index contributed by atoms with van der Waals surface area (Å²) in [7, 11) is 0. The molecule has 0 aliphatic carbocycles. The lowest BCUT2D eigenvalue weighted by atomic mass is 10.0. The maximum atomic E-state index is 12.6. The molecule has 1 aromatic carbocycles. The van der Waals surface area contributed by atoms with Gasteiger partial charge in [-0.1, -0.05) is 12.1 Å². The first kappa shape index (κ1) is 19.8. The fraction of sp³-hybridized carbons (Fsp3) is 0.500. The van der Waals surface area contributed by atoms with E-state index in [9.17, 15) is 18.0 Å². The molecule has 2 aliphatic heterocycles. The Kier molecular flexibility index (Phi) is 5.24. The second kappa shape index (κ2) is 7.70. The third kappa shape index (κ3) is 4.24. The van der Waals surface area contributed by atoms with Crippen LogP contribution in [0.2, 0.25) is 0 Å². The first-order valence-corrected chi connectivity index (χ1v) is 9.70. The van der Waals surface area contributed by atoms with E-state index in [2.05, 4.69) is 40.2 Å². The molecule has 1 amide bonds. The van der Waals surface area contributed by atoms with Crippen LogP contribution in [0.25, 0.3) is 0 Å². The second-order valence-electron chi connectivity index (χ2n) is 7.51. The normalized spacial score (nSPS) is 18.4. The highest BCUT2D eigenvalue weighted by molar-refractivity contribution is 5.78. The van der Waals surface area contributed by atoms with Crippen molar-refractivity contribution in [3.8, 4) is 5.75 Å². The van der Waals surface area contributed by atoms with Crippen molar-refractivity contribution >= 4 is 5.91 Å². The van der Waals surface area contributed by atoms with Crippen LogP contribution in [0.15, 0.2) is 24.3 Å². The van der Waals surface area contributed by atoms with Crippen LogP contribution in [-0.2, 0) is 23.8 Å². The first-order chi connectivity index (χ1) is 13.8. The summed E-state index contributed by atoms with van der Waals surface area (Å²) in [4.78, 5) is 16.5. The van der Waals surface area contributed by atoms with E-state index in [1.54, 1.807) is 4.90 Å². The van der Waals surface area contributed by atoms with E-state index in [-0.39, 0.29) is 24.1 Å². The number of fused-ring (bicyclic) bond motifs is 1. The number of hydrogen-bond donors (Lipinski definition) is 1. The predicted octanol–water partition coefficient (Wildman–Crippen LogP) is 2.81. The number of H-pyrrole nitrogens is 1. The van der Waals surface area contributed by atoms with Crippen LogP contribution in [0.4, 0.5) is 13.2 Å². The highest BCUT2D eigenvalue weighted by atomic mass is 19.4. The number of ether oxygens (including phenoxy) is 1. The van der Waals surface area contributed by atoms with Gasteiger partial charge in [-0.25, -0.2) is 0 Å². The lowest BCUT2D eigenvalue weighted by Crippen LogP contribution is -2.49.